The average molecular weight is 360 g/mol. The molecule has 0 spiro atoms. The van der Waals surface area contributed by atoms with Gasteiger partial charge in [0.2, 0.25) is 0 Å². The Labute approximate surface area is 150 Å². The van der Waals surface area contributed by atoms with Crippen LogP contribution >= 0.6 is 0 Å². The molecule has 3 rings (SSSR count). The summed E-state index contributed by atoms with van der Waals surface area (Å²) in [6, 6.07) is 19.1. The first-order valence-corrected chi connectivity index (χ1v) is 10.1. The van der Waals surface area contributed by atoms with E-state index in [0.717, 1.165) is 32.7 Å². The number of nitrogens with zero attached hydrogens (tertiary/aromatic N) is 2. The lowest BCUT2D eigenvalue weighted by atomic mass is 10.2. The number of rotatable bonds is 7. The number of benzene rings is 2. The van der Waals surface area contributed by atoms with Crippen molar-refractivity contribution in [3.8, 4) is 5.75 Å². The van der Waals surface area contributed by atoms with Crippen LogP contribution in [0.4, 0.5) is 0 Å². The maximum atomic E-state index is 12.1. The van der Waals surface area contributed by atoms with Crippen LogP contribution in [0.2, 0.25) is 0 Å². The lowest BCUT2D eigenvalue weighted by molar-refractivity contribution is 0.132. The van der Waals surface area contributed by atoms with E-state index in [0.29, 0.717) is 12.3 Å². The topological polar surface area (TPSA) is 49.9 Å². The zero-order chi connectivity index (χ0) is 17.5. The molecule has 0 N–H and O–H groups in total. The van der Waals surface area contributed by atoms with Gasteiger partial charge in [0.25, 0.3) is 0 Å². The van der Waals surface area contributed by atoms with Crippen molar-refractivity contribution in [1.82, 2.24) is 9.80 Å². The summed E-state index contributed by atoms with van der Waals surface area (Å²) in [6.07, 6.45) is 0. The normalized spacial score (nSPS) is 16.6. The highest BCUT2D eigenvalue weighted by Crippen LogP contribution is 2.13. The number of hydrogen-bond donors (Lipinski definition) is 0. The van der Waals surface area contributed by atoms with Gasteiger partial charge in [0, 0.05) is 39.3 Å². The quantitative estimate of drug-likeness (QED) is 0.709. The SMILES string of the molecule is O=S(=O)(CCN1CCN(Cc2ccccc2)CC1)Oc1ccccc1. The van der Waals surface area contributed by atoms with Gasteiger partial charge >= 0.3 is 10.1 Å². The van der Waals surface area contributed by atoms with Crippen molar-refractivity contribution >= 4 is 10.1 Å². The first kappa shape index (κ1) is 17.9. The predicted octanol–water partition coefficient (Wildman–Crippen LogP) is 2.21. The van der Waals surface area contributed by atoms with Gasteiger partial charge in [-0.3, -0.25) is 9.80 Å². The van der Waals surface area contributed by atoms with E-state index < -0.39 is 10.1 Å². The molecule has 5 nitrogen and oxygen atoms in total. The van der Waals surface area contributed by atoms with E-state index in [9.17, 15) is 8.42 Å². The van der Waals surface area contributed by atoms with E-state index in [1.165, 1.54) is 5.56 Å². The molecular weight excluding hydrogens is 336 g/mol. The summed E-state index contributed by atoms with van der Waals surface area (Å²) in [7, 11) is -3.55. The van der Waals surface area contributed by atoms with Crippen molar-refractivity contribution in [2.24, 2.45) is 0 Å². The Hall–Kier alpha value is -1.89. The first-order chi connectivity index (χ1) is 12.1. The maximum absolute atomic E-state index is 12.1. The second-order valence-corrected chi connectivity index (χ2v) is 7.95. The molecule has 1 fully saturated rings. The molecule has 0 amide bonds. The molecular formula is C19H24N2O3S. The summed E-state index contributed by atoms with van der Waals surface area (Å²) in [4.78, 5) is 4.59. The Morgan fingerprint density at radius 2 is 1.36 bits per heavy atom. The number of hydrogen-bond acceptors (Lipinski definition) is 5. The fourth-order valence-corrected chi connectivity index (χ4v) is 3.89. The molecule has 25 heavy (non-hydrogen) atoms. The molecule has 1 saturated heterocycles. The molecule has 134 valence electrons. The van der Waals surface area contributed by atoms with Crippen molar-refractivity contribution < 1.29 is 12.6 Å². The Balaban J connectivity index is 1.41. The predicted molar refractivity (Wildman–Crippen MR) is 99.0 cm³/mol. The minimum absolute atomic E-state index is 0.0145. The monoisotopic (exact) mass is 360 g/mol. The lowest BCUT2D eigenvalue weighted by Crippen LogP contribution is -2.47. The summed E-state index contributed by atoms with van der Waals surface area (Å²) >= 11 is 0. The largest absolute Gasteiger partial charge is 0.382 e. The van der Waals surface area contributed by atoms with Crippen LogP contribution in [0.25, 0.3) is 0 Å². The standard InChI is InChI=1S/C19H24N2O3S/c22-25(23,24-19-9-5-2-6-10-19)16-15-20-11-13-21(14-12-20)17-18-7-3-1-4-8-18/h1-10H,11-17H2. The number of piperazine rings is 1. The third-order valence-electron chi connectivity index (χ3n) is 4.34. The molecule has 0 unspecified atom stereocenters. The summed E-state index contributed by atoms with van der Waals surface area (Å²) in [5.41, 5.74) is 1.31. The Morgan fingerprint density at radius 1 is 0.800 bits per heavy atom. The van der Waals surface area contributed by atoms with Crippen molar-refractivity contribution in [3.05, 3.63) is 66.2 Å². The minimum atomic E-state index is -3.55. The van der Waals surface area contributed by atoms with E-state index in [1.807, 2.05) is 12.1 Å². The maximum Gasteiger partial charge on any atom is 0.310 e. The van der Waals surface area contributed by atoms with E-state index in [2.05, 4.69) is 34.1 Å². The number of para-hydroxylation sites is 1. The smallest absolute Gasteiger partial charge is 0.310 e. The van der Waals surface area contributed by atoms with E-state index >= 15 is 0 Å². The van der Waals surface area contributed by atoms with Gasteiger partial charge in [-0.05, 0) is 17.7 Å². The van der Waals surface area contributed by atoms with Gasteiger partial charge in [-0.25, -0.2) is 0 Å². The van der Waals surface area contributed by atoms with Crippen LogP contribution in [0, 0.1) is 0 Å². The third-order valence-corrected chi connectivity index (χ3v) is 5.47. The second kappa shape index (κ2) is 8.47. The van der Waals surface area contributed by atoms with Gasteiger partial charge in [0.15, 0.2) is 0 Å². The molecule has 1 heterocycles. The molecule has 1 aliphatic rings. The Kier molecular flexibility index (Phi) is 6.07. The summed E-state index contributed by atoms with van der Waals surface area (Å²) < 4.78 is 29.3. The van der Waals surface area contributed by atoms with Crippen LogP contribution < -0.4 is 4.18 Å². The fraction of sp³-hybridized carbons (Fsp3) is 0.368. The zero-order valence-corrected chi connectivity index (χ0v) is 15.1. The van der Waals surface area contributed by atoms with E-state index in [1.54, 1.807) is 24.3 Å². The molecule has 1 aliphatic heterocycles. The van der Waals surface area contributed by atoms with Crippen LogP contribution in [-0.2, 0) is 16.7 Å². The molecule has 2 aromatic carbocycles. The molecule has 0 bridgehead atoms. The van der Waals surface area contributed by atoms with Gasteiger partial charge < -0.3 is 4.18 Å². The van der Waals surface area contributed by atoms with Crippen LogP contribution in [0.1, 0.15) is 5.56 Å². The highest BCUT2D eigenvalue weighted by molar-refractivity contribution is 7.87. The van der Waals surface area contributed by atoms with Crippen molar-refractivity contribution in [3.63, 3.8) is 0 Å². The van der Waals surface area contributed by atoms with Crippen LogP contribution in [-0.4, -0.2) is 56.7 Å². The molecule has 2 aromatic rings. The highest BCUT2D eigenvalue weighted by Gasteiger charge is 2.20. The Bertz CT molecular complexity index is 743. The van der Waals surface area contributed by atoms with Crippen LogP contribution in [0.3, 0.4) is 0 Å². The summed E-state index contributed by atoms with van der Waals surface area (Å²) in [6.45, 7) is 5.13. The van der Waals surface area contributed by atoms with Crippen molar-refractivity contribution in [2.45, 2.75) is 6.54 Å². The minimum Gasteiger partial charge on any atom is -0.382 e. The van der Waals surface area contributed by atoms with Gasteiger partial charge in [-0.1, -0.05) is 48.5 Å². The van der Waals surface area contributed by atoms with Crippen molar-refractivity contribution in [1.29, 1.82) is 0 Å². The van der Waals surface area contributed by atoms with E-state index in [4.69, 9.17) is 4.18 Å². The average Bonchev–Trinajstić information content (AvgIpc) is 2.63. The molecule has 0 radical (unpaired) electrons. The molecule has 0 aliphatic carbocycles. The molecule has 0 saturated carbocycles. The third kappa shape index (κ3) is 5.85. The first-order valence-electron chi connectivity index (χ1n) is 8.57. The summed E-state index contributed by atoms with van der Waals surface area (Å²) in [5.74, 6) is 0.385. The van der Waals surface area contributed by atoms with Gasteiger partial charge in [0.1, 0.15) is 5.75 Å². The highest BCUT2D eigenvalue weighted by atomic mass is 32.2. The lowest BCUT2D eigenvalue weighted by Gasteiger charge is -2.34. The van der Waals surface area contributed by atoms with Gasteiger partial charge in [-0.15, -0.1) is 0 Å². The molecule has 6 heteroatoms. The van der Waals surface area contributed by atoms with Crippen LogP contribution in [0.15, 0.2) is 60.7 Å². The zero-order valence-electron chi connectivity index (χ0n) is 14.3. The van der Waals surface area contributed by atoms with Gasteiger partial charge in [-0.2, -0.15) is 8.42 Å². The second-order valence-electron chi connectivity index (χ2n) is 6.26. The Morgan fingerprint density at radius 3 is 2.00 bits per heavy atom. The van der Waals surface area contributed by atoms with Gasteiger partial charge in [0.05, 0.1) is 5.75 Å². The summed E-state index contributed by atoms with van der Waals surface area (Å²) in [5, 5.41) is 0. The fourth-order valence-electron chi connectivity index (χ4n) is 2.92. The van der Waals surface area contributed by atoms with E-state index in [-0.39, 0.29) is 5.75 Å². The van der Waals surface area contributed by atoms with Crippen LogP contribution in [0.5, 0.6) is 5.75 Å². The molecule has 0 atom stereocenters. The van der Waals surface area contributed by atoms with Crippen molar-refractivity contribution in [2.75, 3.05) is 38.5 Å². The molecule has 0 aromatic heterocycles.